The van der Waals surface area contributed by atoms with Crippen molar-refractivity contribution in [3.05, 3.63) is 35.4 Å². The Balaban J connectivity index is 1.77. The van der Waals surface area contributed by atoms with Gasteiger partial charge >= 0.3 is 6.09 Å². The lowest BCUT2D eigenvalue weighted by molar-refractivity contribution is -0.120. The van der Waals surface area contributed by atoms with Crippen LogP contribution in [0.2, 0.25) is 0 Å². The van der Waals surface area contributed by atoms with Crippen LogP contribution in [0.25, 0.3) is 6.08 Å². The number of amides is 2. The van der Waals surface area contributed by atoms with Crippen LogP contribution in [0.3, 0.4) is 0 Å². The van der Waals surface area contributed by atoms with Gasteiger partial charge in [-0.15, -0.1) is 0 Å². The highest BCUT2D eigenvalue weighted by molar-refractivity contribution is 5.89. The number of rotatable bonds is 5. The molecule has 7 nitrogen and oxygen atoms in total. The van der Waals surface area contributed by atoms with E-state index in [9.17, 15) is 9.59 Å². The first kappa shape index (κ1) is 19.5. The maximum Gasteiger partial charge on any atom is 0.407 e. The van der Waals surface area contributed by atoms with Crippen molar-refractivity contribution >= 4 is 24.3 Å². The largest absolute Gasteiger partial charge is 0.485 e. The van der Waals surface area contributed by atoms with Gasteiger partial charge in [-0.2, -0.15) is 5.10 Å². The van der Waals surface area contributed by atoms with E-state index in [1.807, 2.05) is 37.3 Å². The van der Waals surface area contributed by atoms with Crippen LogP contribution in [0.5, 0.6) is 5.75 Å². The first-order valence-electron chi connectivity index (χ1n) is 8.50. The number of nitrogens with zero attached hydrogens (tertiary/aromatic N) is 1. The molecule has 140 valence electrons. The lowest BCUT2D eigenvalue weighted by Gasteiger charge is -2.22. The molecule has 0 saturated heterocycles. The fraction of sp³-hybridized carbons (Fsp3) is 0.421. The molecule has 0 radical (unpaired) electrons. The molecule has 1 aromatic rings. The predicted octanol–water partition coefficient (Wildman–Crippen LogP) is 2.87. The minimum absolute atomic E-state index is 0.102. The summed E-state index contributed by atoms with van der Waals surface area (Å²) in [5, 5.41) is 6.48. The minimum atomic E-state index is -0.568. The van der Waals surface area contributed by atoms with E-state index in [1.165, 1.54) is 0 Å². The topological polar surface area (TPSA) is 89.0 Å². The Bertz CT molecular complexity index is 720. The van der Waals surface area contributed by atoms with Crippen molar-refractivity contribution in [3.8, 4) is 5.75 Å². The van der Waals surface area contributed by atoms with E-state index < -0.39 is 11.7 Å². The third-order valence-corrected chi connectivity index (χ3v) is 3.44. The van der Waals surface area contributed by atoms with E-state index in [0.717, 1.165) is 16.9 Å². The van der Waals surface area contributed by atoms with Crippen molar-refractivity contribution in [1.82, 2.24) is 10.7 Å². The van der Waals surface area contributed by atoms with Crippen molar-refractivity contribution in [2.24, 2.45) is 5.10 Å². The second-order valence-corrected chi connectivity index (χ2v) is 6.91. The minimum Gasteiger partial charge on any atom is -0.485 e. The maximum atomic E-state index is 11.8. The summed E-state index contributed by atoms with van der Waals surface area (Å²) in [4.78, 5) is 23.2. The van der Waals surface area contributed by atoms with Crippen LogP contribution in [0.4, 0.5) is 4.79 Å². The SMILES string of the molecule is CC1Oc2ccccc2C=C1C=NNC(=O)CCNC(=O)OC(C)(C)C. The van der Waals surface area contributed by atoms with Crippen molar-refractivity contribution < 1.29 is 19.1 Å². The molecule has 0 bridgehead atoms. The third-order valence-electron chi connectivity index (χ3n) is 3.44. The summed E-state index contributed by atoms with van der Waals surface area (Å²) in [5.74, 6) is 0.525. The zero-order chi connectivity index (χ0) is 19.2. The lowest BCUT2D eigenvalue weighted by atomic mass is 10.0. The second-order valence-electron chi connectivity index (χ2n) is 6.91. The molecule has 0 spiro atoms. The van der Waals surface area contributed by atoms with Crippen molar-refractivity contribution in [2.45, 2.75) is 45.8 Å². The van der Waals surface area contributed by atoms with Crippen LogP contribution in [0.15, 0.2) is 34.9 Å². The first-order valence-corrected chi connectivity index (χ1v) is 8.50. The number of hydrazone groups is 1. The normalized spacial score (nSPS) is 16.3. The van der Waals surface area contributed by atoms with Crippen LogP contribution in [0, 0.1) is 0 Å². The summed E-state index contributed by atoms with van der Waals surface area (Å²) in [7, 11) is 0. The highest BCUT2D eigenvalue weighted by Crippen LogP contribution is 2.28. The van der Waals surface area contributed by atoms with E-state index in [1.54, 1.807) is 27.0 Å². The quantitative estimate of drug-likeness (QED) is 0.625. The molecule has 2 amide bonds. The van der Waals surface area contributed by atoms with Gasteiger partial charge in [0.25, 0.3) is 0 Å². The van der Waals surface area contributed by atoms with E-state index in [2.05, 4.69) is 15.8 Å². The molecule has 26 heavy (non-hydrogen) atoms. The number of carbonyl (C=O) groups excluding carboxylic acids is 2. The Morgan fingerprint density at radius 3 is 2.77 bits per heavy atom. The van der Waals surface area contributed by atoms with E-state index in [0.29, 0.717) is 0 Å². The number of para-hydroxylation sites is 1. The number of ether oxygens (including phenoxy) is 2. The van der Waals surface area contributed by atoms with Gasteiger partial charge in [-0.25, -0.2) is 10.2 Å². The molecule has 1 atom stereocenters. The molecular weight excluding hydrogens is 334 g/mol. The number of hydrogen-bond donors (Lipinski definition) is 2. The molecule has 0 fully saturated rings. The lowest BCUT2D eigenvalue weighted by Crippen LogP contribution is -2.34. The standard InChI is InChI=1S/C19H25N3O4/c1-13-15(11-14-7-5-6-8-16(14)25-13)12-21-22-17(23)9-10-20-18(24)26-19(2,3)4/h5-8,11-13H,9-10H2,1-4H3,(H,20,24)(H,22,23). The molecule has 1 aromatic carbocycles. The van der Waals surface area contributed by atoms with Crippen LogP contribution < -0.4 is 15.5 Å². The average Bonchev–Trinajstić information content (AvgIpc) is 2.53. The zero-order valence-corrected chi connectivity index (χ0v) is 15.5. The molecule has 0 saturated carbocycles. The summed E-state index contributed by atoms with van der Waals surface area (Å²) >= 11 is 0. The molecule has 1 heterocycles. The molecule has 2 rings (SSSR count). The maximum absolute atomic E-state index is 11.8. The first-order chi connectivity index (χ1) is 12.2. The van der Waals surface area contributed by atoms with Crippen molar-refractivity contribution in [3.63, 3.8) is 0 Å². The van der Waals surface area contributed by atoms with Gasteiger partial charge in [-0.3, -0.25) is 4.79 Å². The van der Waals surface area contributed by atoms with Gasteiger partial charge in [0, 0.05) is 24.1 Å². The van der Waals surface area contributed by atoms with Gasteiger partial charge in [0.05, 0.1) is 6.21 Å². The summed E-state index contributed by atoms with van der Waals surface area (Å²) in [5.41, 5.74) is 3.70. The fourth-order valence-corrected chi connectivity index (χ4v) is 2.23. The number of fused-ring (bicyclic) bond motifs is 1. The van der Waals surface area contributed by atoms with E-state index >= 15 is 0 Å². The molecular formula is C19H25N3O4. The Kier molecular flexibility index (Phi) is 6.38. The Labute approximate surface area is 153 Å². The second kappa shape index (κ2) is 8.51. The molecule has 0 aliphatic carbocycles. The summed E-state index contributed by atoms with van der Waals surface area (Å²) in [6.07, 6.45) is 2.94. The number of hydrogen-bond acceptors (Lipinski definition) is 5. The Hall–Kier alpha value is -2.83. The van der Waals surface area contributed by atoms with E-state index in [4.69, 9.17) is 9.47 Å². The Morgan fingerprint density at radius 2 is 2.04 bits per heavy atom. The Morgan fingerprint density at radius 1 is 1.31 bits per heavy atom. The summed E-state index contributed by atoms with van der Waals surface area (Å²) in [6.45, 7) is 7.41. The fourth-order valence-electron chi connectivity index (χ4n) is 2.23. The van der Waals surface area contributed by atoms with Crippen LogP contribution in [-0.2, 0) is 9.53 Å². The van der Waals surface area contributed by atoms with E-state index in [-0.39, 0.29) is 25.0 Å². The van der Waals surface area contributed by atoms with Gasteiger partial charge in [0.1, 0.15) is 17.5 Å². The highest BCUT2D eigenvalue weighted by atomic mass is 16.6. The molecule has 2 N–H and O–H groups in total. The van der Waals surface area contributed by atoms with Crippen LogP contribution >= 0.6 is 0 Å². The number of alkyl carbamates (subject to hydrolysis) is 1. The van der Waals surface area contributed by atoms with Gasteiger partial charge in [-0.05, 0) is 39.8 Å². The molecule has 0 aromatic heterocycles. The molecule has 1 unspecified atom stereocenters. The van der Waals surface area contributed by atoms with Crippen molar-refractivity contribution in [1.29, 1.82) is 0 Å². The van der Waals surface area contributed by atoms with Gasteiger partial charge in [-0.1, -0.05) is 18.2 Å². The summed E-state index contributed by atoms with van der Waals surface area (Å²) < 4.78 is 10.9. The van der Waals surface area contributed by atoms with Gasteiger partial charge < -0.3 is 14.8 Å². The van der Waals surface area contributed by atoms with Gasteiger partial charge in [0.15, 0.2) is 0 Å². The monoisotopic (exact) mass is 359 g/mol. The summed E-state index contributed by atoms with van der Waals surface area (Å²) in [6, 6.07) is 7.72. The van der Waals surface area contributed by atoms with Crippen molar-refractivity contribution in [2.75, 3.05) is 6.54 Å². The number of benzene rings is 1. The predicted molar refractivity (Wildman–Crippen MR) is 100.0 cm³/mol. The number of carbonyl (C=O) groups is 2. The van der Waals surface area contributed by atoms with Crippen LogP contribution in [0.1, 0.15) is 39.7 Å². The van der Waals surface area contributed by atoms with Crippen LogP contribution in [-0.4, -0.2) is 36.5 Å². The van der Waals surface area contributed by atoms with Gasteiger partial charge in [0.2, 0.25) is 5.91 Å². The average molecular weight is 359 g/mol. The molecule has 1 aliphatic rings. The smallest absolute Gasteiger partial charge is 0.407 e. The molecule has 1 aliphatic heterocycles. The number of nitrogens with one attached hydrogen (secondary N) is 2. The third kappa shape index (κ3) is 6.23. The highest BCUT2D eigenvalue weighted by Gasteiger charge is 2.17. The molecule has 7 heteroatoms. The zero-order valence-electron chi connectivity index (χ0n) is 15.5.